The van der Waals surface area contributed by atoms with Crippen LogP contribution in [0.25, 0.3) is 5.57 Å². The highest BCUT2D eigenvalue weighted by Crippen LogP contribution is 2.29. The van der Waals surface area contributed by atoms with Crippen molar-refractivity contribution in [2.24, 2.45) is 0 Å². The van der Waals surface area contributed by atoms with E-state index >= 15 is 0 Å². The molecular weight excluding hydrogens is 280 g/mol. The molecule has 0 heterocycles. The van der Waals surface area contributed by atoms with Crippen LogP contribution in [0.3, 0.4) is 0 Å². The maximum atomic E-state index is 11.8. The second-order valence-electron chi connectivity index (χ2n) is 4.65. The lowest BCUT2D eigenvalue weighted by atomic mass is 10.0. The van der Waals surface area contributed by atoms with Crippen molar-refractivity contribution >= 4 is 11.5 Å². The van der Waals surface area contributed by atoms with Crippen molar-refractivity contribution in [2.45, 2.75) is 6.92 Å². The number of methoxy groups -OCH3 is 2. The molecule has 0 spiro atoms. The van der Waals surface area contributed by atoms with Crippen molar-refractivity contribution in [3.8, 4) is 11.5 Å². The molecule has 0 amide bonds. The molecule has 0 unspecified atom stereocenters. The summed E-state index contributed by atoms with van der Waals surface area (Å²) in [5.74, 6) is 0.948. The fourth-order valence-corrected chi connectivity index (χ4v) is 1.95. The molecule has 0 saturated heterocycles. The molecule has 0 fully saturated rings. The van der Waals surface area contributed by atoms with Crippen LogP contribution in [0.4, 0.5) is 0 Å². The monoisotopic (exact) mass is 298 g/mol. The summed E-state index contributed by atoms with van der Waals surface area (Å²) in [5.41, 5.74) is 1.97. The number of rotatable bonds is 5. The Morgan fingerprint density at radius 2 is 1.77 bits per heavy atom. The summed E-state index contributed by atoms with van der Waals surface area (Å²) in [4.78, 5) is 11.8. The maximum absolute atomic E-state index is 11.8. The summed E-state index contributed by atoms with van der Waals surface area (Å²) in [6, 6.07) is 15.0. The fourth-order valence-electron chi connectivity index (χ4n) is 1.95. The van der Waals surface area contributed by atoms with E-state index < -0.39 is 5.97 Å². The number of ether oxygens (including phenoxy) is 3. The van der Waals surface area contributed by atoms with E-state index in [9.17, 15) is 4.79 Å². The Morgan fingerprint density at radius 1 is 1.05 bits per heavy atom. The van der Waals surface area contributed by atoms with E-state index in [2.05, 4.69) is 0 Å². The average molecular weight is 298 g/mol. The first-order valence-corrected chi connectivity index (χ1v) is 6.81. The Bertz CT molecular complexity index is 675. The molecular formula is C18H18O4. The molecule has 0 N–H and O–H groups in total. The number of esters is 1. The molecule has 2 aromatic carbocycles. The molecule has 0 saturated carbocycles. The van der Waals surface area contributed by atoms with E-state index in [1.54, 1.807) is 6.07 Å². The fraction of sp³-hybridized carbons (Fsp3) is 0.167. The topological polar surface area (TPSA) is 44.8 Å². The number of aryl methyl sites for hydroxylation is 1. The Morgan fingerprint density at radius 3 is 2.41 bits per heavy atom. The van der Waals surface area contributed by atoms with E-state index in [0.717, 1.165) is 11.3 Å². The molecule has 0 aromatic heterocycles. The smallest absolute Gasteiger partial charge is 0.341 e. The minimum atomic E-state index is -0.462. The van der Waals surface area contributed by atoms with Gasteiger partial charge in [0.2, 0.25) is 0 Å². The number of carbonyl (C=O) groups is 1. The van der Waals surface area contributed by atoms with Crippen LogP contribution in [0.2, 0.25) is 0 Å². The Labute approximate surface area is 129 Å². The zero-order valence-electron chi connectivity index (χ0n) is 12.8. The first kappa shape index (κ1) is 15.6. The molecule has 114 valence electrons. The lowest BCUT2D eigenvalue weighted by Crippen LogP contribution is -2.05. The van der Waals surface area contributed by atoms with E-state index in [1.165, 1.54) is 20.5 Å². The zero-order chi connectivity index (χ0) is 15.9. The van der Waals surface area contributed by atoms with Gasteiger partial charge in [-0.3, -0.25) is 0 Å². The maximum Gasteiger partial charge on any atom is 0.341 e. The van der Waals surface area contributed by atoms with Gasteiger partial charge in [0.25, 0.3) is 0 Å². The van der Waals surface area contributed by atoms with Gasteiger partial charge in [-0.05, 0) is 36.2 Å². The lowest BCUT2D eigenvalue weighted by Gasteiger charge is -2.12. The minimum absolute atomic E-state index is 0.336. The van der Waals surface area contributed by atoms with Gasteiger partial charge in [-0.1, -0.05) is 30.3 Å². The number of benzene rings is 2. The Balaban J connectivity index is 2.37. The van der Waals surface area contributed by atoms with Crippen LogP contribution >= 0.6 is 0 Å². The Hall–Kier alpha value is -2.75. The second kappa shape index (κ2) is 7.31. The third-order valence-electron chi connectivity index (χ3n) is 3.11. The molecule has 0 aliphatic carbocycles. The molecule has 22 heavy (non-hydrogen) atoms. The van der Waals surface area contributed by atoms with E-state index in [4.69, 9.17) is 14.2 Å². The second-order valence-corrected chi connectivity index (χ2v) is 4.65. The number of carbonyl (C=O) groups excluding carboxylic acids is 1. The van der Waals surface area contributed by atoms with Crippen molar-refractivity contribution in [3.63, 3.8) is 0 Å². The highest BCUT2D eigenvalue weighted by atomic mass is 16.5. The van der Waals surface area contributed by atoms with Crippen molar-refractivity contribution in [2.75, 3.05) is 14.2 Å². The van der Waals surface area contributed by atoms with Gasteiger partial charge in [-0.15, -0.1) is 0 Å². The van der Waals surface area contributed by atoms with Crippen LogP contribution in [0.5, 0.6) is 11.5 Å². The number of hydrogen-bond acceptors (Lipinski definition) is 4. The van der Waals surface area contributed by atoms with Gasteiger partial charge in [0.15, 0.2) is 0 Å². The normalized spacial score (nSPS) is 11.0. The van der Waals surface area contributed by atoms with Gasteiger partial charge in [0.1, 0.15) is 17.1 Å². The highest BCUT2D eigenvalue weighted by molar-refractivity contribution is 6.16. The van der Waals surface area contributed by atoms with Gasteiger partial charge in [-0.2, -0.15) is 0 Å². The van der Waals surface area contributed by atoms with Crippen LogP contribution in [-0.4, -0.2) is 20.2 Å². The molecule has 4 nitrogen and oxygen atoms in total. The number of hydrogen-bond donors (Lipinski definition) is 0. The predicted octanol–water partition coefficient (Wildman–Crippen LogP) is 3.95. The molecule has 0 atom stereocenters. The van der Waals surface area contributed by atoms with Crippen LogP contribution in [-0.2, 0) is 14.3 Å². The van der Waals surface area contributed by atoms with Gasteiger partial charge < -0.3 is 14.2 Å². The van der Waals surface area contributed by atoms with Crippen LogP contribution < -0.4 is 4.74 Å². The minimum Gasteiger partial charge on any atom is -0.503 e. The molecule has 0 aliphatic heterocycles. The summed E-state index contributed by atoms with van der Waals surface area (Å²) in [6.07, 6.45) is 1.36. The molecule has 2 rings (SSSR count). The van der Waals surface area contributed by atoms with E-state index in [-0.39, 0.29) is 0 Å². The largest absolute Gasteiger partial charge is 0.503 e. The van der Waals surface area contributed by atoms with Crippen molar-refractivity contribution in [1.29, 1.82) is 0 Å². The van der Waals surface area contributed by atoms with Crippen molar-refractivity contribution < 1.29 is 19.0 Å². The van der Waals surface area contributed by atoms with E-state index in [0.29, 0.717) is 16.9 Å². The van der Waals surface area contributed by atoms with Crippen LogP contribution in [0.1, 0.15) is 11.1 Å². The predicted molar refractivity (Wildman–Crippen MR) is 84.7 cm³/mol. The third-order valence-corrected chi connectivity index (χ3v) is 3.11. The first-order chi connectivity index (χ1) is 10.7. The Kier molecular flexibility index (Phi) is 5.20. The quantitative estimate of drug-likeness (QED) is 0.476. The first-order valence-electron chi connectivity index (χ1n) is 6.81. The van der Waals surface area contributed by atoms with Crippen LogP contribution in [0, 0.1) is 6.92 Å². The zero-order valence-corrected chi connectivity index (χ0v) is 12.8. The molecule has 0 aliphatic rings. The molecule has 4 heteroatoms. The standard InChI is InChI=1S/C18H18O4/c1-13-9-10-14(16(12-20-2)18(19)21-3)11-17(13)22-15-7-5-4-6-8-15/h4-12H,1-3H3/b16-12+. The van der Waals surface area contributed by atoms with Crippen molar-refractivity contribution in [3.05, 3.63) is 65.9 Å². The van der Waals surface area contributed by atoms with Gasteiger partial charge in [-0.25, -0.2) is 4.79 Å². The molecule has 0 bridgehead atoms. The summed E-state index contributed by atoms with van der Waals surface area (Å²) in [5, 5.41) is 0. The van der Waals surface area contributed by atoms with Crippen molar-refractivity contribution in [1.82, 2.24) is 0 Å². The van der Waals surface area contributed by atoms with Crippen LogP contribution in [0.15, 0.2) is 54.8 Å². The van der Waals surface area contributed by atoms with E-state index in [1.807, 2.05) is 49.4 Å². The van der Waals surface area contributed by atoms with Gasteiger partial charge in [0.05, 0.1) is 20.5 Å². The number of para-hydroxylation sites is 1. The molecule has 2 aromatic rings. The summed E-state index contributed by atoms with van der Waals surface area (Å²) in [7, 11) is 2.82. The summed E-state index contributed by atoms with van der Waals surface area (Å²) < 4.78 is 15.6. The summed E-state index contributed by atoms with van der Waals surface area (Å²) in [6.45, 7) is 1.94. The molecule has 0 radical (unpaired) electrons. The van der Waals surface area contributed by atoms with Gasteiger partial charge >= 0.3 is 5.97 Å². The highest BCUT2D eigenvalue weighted by Gasteiger charge is 2.15. The van der Waals surface area contributed by atoms with Gasteiger partial charge in [0, 0.05) is 0 Å². The average Bonchev–Trinajstić information content (AvgIpc) is 2.55. The SMILES string of the molecule is CO/C=C(/C(=O)OC)c1ccc(C)c(Oc2ccccc2)c1. The summed E-state index contributed by atoms with van der Waals surface area (Å²) >= 11 is 0. The third kappa shape index (κ3) is 3.67. The lowest BCUT2D eigenvalue weighted by molar-refractivity contribution is -0.133.